The van der Waals surface area contributed by atoms with E-state index in [1.165, 1.54) is 6.07 Å². The highest BCUT2D eigenvalue weighted by Crippen LogP contribution is 2.33. The molecular formula is C12H7BrClF3N4. The highest BCUT2D eigenvalue weighted by atomic mass is 79.9. The van der Waals surface area contributed by atoms with Gasteiger partial charge in [-0.3, -0.25) is 5.41 Å². The van der Waals surface area contributed by atoms with Gasteiger partial charge in [-0.15, -0.1) is 0 Å². The lowest BCUT2D eigenvalue weighted by Gasteiger charge is -2.14. The predicted molar refractivity (Wildman–Crippen MR) is 76.5 cm³/mol. The SMILES string of the molecule is N=C(c1cccc(Br)c1N)c1nc(Cl)ncc1C(F)(F)F. The number of nitrogens with two attached hydrogens (primary N) is 1. The fraction of sp³-hybridized carbons (Fsp3) is 0.0833. The van der Waals surface area contributed by atoms with Crippen molar-refractivity contribution in [2.45, 2.75) is 6.18 Å². The molecule has 0 spiro atoms. The number of nitrogen functional groups attached to an aromatic ring is 1. The molecule has 1 aromatic heterocycles. The Morgan fingerprint density at radius 2 is 2.00 bits per heavy atom. The normalized spacial score (nSPS) is 11.5. The molecule has 0 atom stereocenters. The van der Waals surface area contributed by atoms with E-state index in [4.69, 9.17) is 22.7 Å². The molecule has 0 saturated carbocycles. The summed E-state index contributed by atoms with van der Waals surface area (Å²) >= 11 is 8.70. The molecule has 4 nitrogen and oxygen atoms in total. The van der Waals surface area contributed by atoms with Crippen molar-refractivity contribution in [3.8, 4) is 0 Å². The van der Waals surface area contributed by atoms with E-state index in [2.05, 4.69) is 25.9 Å². The number of hydrogen-bond acceptors (Lipinski definition) is 4. The summed E-state index contributed by atoms with van der Waals surface area (Å²) in [4.78, 5) is 6.85. The molecule has 0 aliphatic rings. The number of hydrogen-bond donors (Lipinski definition) is 2. The second-order valence-electron chi connectivity index (χ2n) is 3.98. The van der Waals surface area contributed by atoms with E-state index in [0.717, 1.165) is 0 Å². The minimum Gasteiger partial charge on any atom is -0.397 e. The number of anilines is 1. The number of rotatable bonds is 2. The van der Waals surface area contributed by atoms with Crippen molar-refractivity contribution in [2.75, 3.05) is 5.73 Å². The fourth-order valence-corrected chi connectivity index (χ4v) is 2.14. The summed E-state index contributed by atoms with van der Waals surface area (Å²) in [6, 6.07) is 4.60. The van der Waals surface area contributed by atoms with Gasteiger partial charge in [-0.1, -0.05) is 12.1 Å². The summed E-state index contributed by atoms with van der Waals surface area (Å²) in [7, 11) is 0. The molecule has 0 saturated heterocycles. The van der Waals surface area contributed by atoms with E-state index in [1.807, 2.05) is 0 Å². The summed E-state index contributed by atoms with van der Waals surface area (Å²) in [5, 5.41) is 7.60. The van der Waals surface area contributed by atoms with Crippen molar-refractivity contribution < 1.29 is 13.2 Å². The second kappa shape index (κ2) is 5.61. The Labute approximate surface area is 130 Å². The number of aromatic nitrogens is 2. The highest BCUT2D eigenvalue weighted by Gasteiger charge is 2.36. The molecule has 2 rings (SSSR count). The zero-order valence-corrected chi connectivity index (χ0v) is 12.5. The van der Waals surface area contributed by atoms with E-state index < -0.39 is 23.1 Å². The van der Waals surface area contributed by atoms with Crippen molar-refractivity contribution >= 4 is 38.9 Å². The van der Waals surface area contributed by atoms with Crippen LogP contribution in [0.4, 0.5) is 18.9 Å². The topological polar surface area (TPSA) is 75.7 Å². The maximum Gasteiger partial charge on any atom is 0.420 e. The maximum atomic E-state index is 13.0. The van der Waals surface area contributed by atoms with Crippen LogP contribution in [0.1, 0.15) is 16.8 Å². The van der Waals surface area contributed by atoms with Crippen LogP contribution in [0.2, 0.25) is 5.28 Å². The van der Waals surface area contributed by atoms with Crippen LogP contribution in [0.5, 0.6) is 0 Å². The molecule has 0 unspecified atom stereocenters. The highest BCUT2D eigenvalue weighted by molar-refractivity contribution is 9.10. The molecule has 0 aliphatic carbocycles. The molecule has 110 valence electrons. The first kappa shape index (κ1) is 15.7. The van der Waals surface area contributed by atoms with Gasteiger partial charge in [0.2, 0.25) is 5.28 Å². The standard InChI is InChI=1S/C12H7BrClF3N4/c13-7-3-1-2-5(8(7)18)9(19)10-6(12(15,16)17)4-20-11(14)21-10/h1-4,19H,18H2. The van der Waals surface area contributed by atoms with Crippen LogP contribution in [-0.2, 0) is 6.18 Å². The van der Waals surface area contributed by atoms with Gasteiger partial charge in [-0.25, -0.2) is 9.97 Å². The molecule has 0 bridgehead atoms. The summed E-state index contributed by atoms with van der Waals surface area (Å²) < 4.78 is 39.4. The maximum absolute atomic E-state index is 13.0. The van der Waals surface area contributed by atoms with Crippen LogP contribution < -0.4 is 5.73 Å². The van der Waals surface area contributed by atoms with Gasteiger partial charge in [0.05, 0.1) is 11.4 Å². The molecule has 0 amide bonds. The average Bonchev–Trinajstić information content (AvgIpc) is 2.39. The van der Waals surface area contributed by atoms with Gasteiger partial charge < -0.3 is 5.73 Å². The molecular weight excluding hydrogens is 373 g/mol. The number of alkyl halides is 3. The van der Waals surface area contributed by atoms with Crippen molar-refractivity contribution in [1.29, 1.82) is 5.41 Å². The number of nitrogens with one attached hydrogen (secondary N) is 1. The summed E-state index contributed by atoms with van der Waals surface area (Å²) in [5.41, 5.74) is 3.79. The average molecular weight is 380 g/mol. The predicted octanol–water partition coefficient (Wildman–Crippen LogP) is 3.91. The Bertz CT molecular complexity index is 718. The Morgan fingerprint density at radius 1 is 1.33 bits per heavy atom. The minimum absolute atomic E-state index is 0.115. The Balaban J connectivity index is 2.63. The first-order valence-corrected chi connectivity index (χ1v) is 6.62. The van der Waals surface area contributed by atoms with Crippen LogP contribution in [0.15, 0.2) is 28.9 Å². The summed E-state index contributed by atoms with van der Waals surface area (Å²) in [5.74, 6) is 0. The summed E-state index contributed by atoms with van der Waals surface area (Å²) in [6.07, 6.45) is -4.15. The minimum atomic E-state index is -4.70. The third-order valence-corrected chi connectivity index (χ3v) is 3.50. The van der Waals surface area contributed by atoms with Crippen LogP contribution in [0.25, 0.3) is 0 Å². The van der Waals surface area contributed by atoms with Gasteiger partial charge >= 0.3 is 6.18 Å². The lowest BCUT2D eigenvalue weighted by molar-refractivity contribution is -0.138. The molecule has 9 heteroatoms. The molecule has 21 heavy (non-hydrogen) atoms. The van der Waals surface area contributed by atoms with E-state index in [-0.39, 0.29) is 16.5 Å². The van der Waals surface area contributed by atoms with Crippen LogP contribution in [0.3, 0.4) is 0 Å². The zero-order valence-electron chi connectivity index (χ0n) is 10.2. The zero-order chi connectivity index (χ0) is 15.8. The van der Waals surface area contributed by atoms with E-state index in [9.17, 15) is 13.2 Å². The fourth-order valence-electron chi connectivity index (χ4n) is 1.64. The van der Waals surface area contributed by atoms with Gasteiger partial charge in [0.1, 0.15) is 11.3 Å². The lowest BCUT2D eigenvalue weighted by atomic mass is 10.0. The third kappa shape index (κ3) is 3.16. The third-order valence-electron chi connectivity index (χ3n) is 2.62. The Hall–Kier alpha value is -1.67. The molecule has 1 aromatic carbocycles. The van der Waals surface area contributed by atoms with Gasteiger partial charge in [0.25, 0.3) is 0 Å². The molecule has 3 N–H and O–H groups in total. The molecule has 0 fully saturated rings. The number of halogens is 5. The van der Waals surface area contributed by atoms with Crippen LogP contribution >= 0.6 is 27.5 Å². The Morgan fingerprint density at radius 3 is 2.62 bits per heavy atom. The van der Waals surface area contributed by atoms with Gasteiger partial charge in [0, 0.05) is 16.2 Å². The number of benzene rings is 1. The largest absolute Gasteiger partial charge is 0.420 e. The molecule has 1 heterocycles. The van der Waals surface area contributed by atoms with Gasteiger partial charge in [0.15, 0.2) is 0 Å². The van der Waals surface area contributed by atoms with Crippen LogP contribution in [0, 0.1) is 5.41 Å². The van der Waals surface area contributed by atoms with E-state index in [1.54, 1.807) is 12.1 Å². The molecule has 0 aliphatic heterocycles. The monoisotopic (exact) mass is 378 g/mol. The van der Waals surface area contributed by atoms with E-state index in [0.29, 0.717) is 10.7 Å². The van der Waals surface area contributed by atoms with Crippen molar-refractivity contribution in [3.63, 3.8) is 0 Å². The van der Waals surface area contributed by atoms with Crippen LogP contribution in [-0.4, -0.2) is 15.7 Å². The van der Waals surface area contributed by atoms with Crippen molar-refractivity contribution in [1.82, 2.24) is 9.97 Å². The second-order valence-corrected chi connectivity index (χ2v) is 5.17. The van der Waals surface area contributed by atoms with Crippen molar-refractivity contribution in [3.05, 3.63) is 51.0 Å². The molecule has 0 radical (unpaired) electrons. The lowest BCUT2D eigenvalue weighted by Crippen LogP contribution is -2.17. The quantitative estimate of drug-likeness (QED) is 0.472. The number of para-hydroxylation sites is 1. The first-order chi connectivity index (χ1) is 9.71. The molecule has 2 aromatic rings. The first-order valence-electron chi connectivity index (χ1n) is 5.45. The number of nitrogens with zero attached hydrogens (tertiary/aromatic N) is 2. The van der Waals surface area contributed by atoms with E-state index >= 15 is 0 Å². The van der Waals surface area contributed by atoms with Crippen molar-refractivity contribution in [2.24, 2.45) is 0 Å². The smallest absolute Gasteiger partial charge is 0.397 e. The Kier molecular flexibility index (Phi) is 4.20. The van der Waals surface area contributed by atoms with Gasteiger partial charge in [-0.05, 0) is 33.6 Å². The summed E-state index contributed by atoms with van der Waals surface area (Å²) in [6.45, 7) is 0. The van der Waals surface area contributed by atoms with Gasteiger partial charge in [-0.2, -0.15) is 13.2 Å².